The lowest BCUT2D eigenvalue weighted by molar-refractivity contribution is 0.0230. The number of benzene rings is 1. The van der Waals surface area contributed by atoms with Crippen molar-refractivity contribution in [1.29, 1.82) is 0 Å². The van der Waals surface area contributed by atoms with Crippen LogP contribution in [0.4, 0.5) is 18.0 Å². The first-order valence-corrected chi connectivity index (χ1v) is 10.8. The molecule has 1 atom stereocenters. The van der Waals surface area contributed by atoms with Gasteiger partial charge in [0.2, 0.25) is 5.82 Å². The molecule has 1 aromatic carbocycles. The Kier molecular flexibility index (Phi) is 5.78. The third kappa shape index (κ3) is 4.21. The maximum Gasteiger partial charge on any atom is 0.341 e. The largest absolute Gasteiger partial charge is 0.468 e. The number of carbonyl (C=O) groups is 2. The lowest BCUT2D eigenvalue weighted by atomic mass is 10.0. The summed E-state index contributed by atoms with van der Waals surface area (Å²) in [5, 5.41) is 9.17. The minimum atomic E-state index is -0.830. The molecule has 2 N–H and O–H groups in total. The fourth-order valence-corrected chi connectivity index (χ4v) is 4.05. The molecular weight excluding hydrogens is 481 g/mol. The van der Waals surface area contributed by atoms with Gasteiger partial charge in [-0.3, -0.25) is 9.48 Å². The van der Waals surface area contributed by atoms with Crippen LogP contribution in [-0.2, 0) is 7.05 Å². The second-order valence-corrected chi connectivity index (χ2v) is 8.27. The number of hydrazone groups is 1. The molecule has 186 valence electrons. The summed E-state index contributed by atoms with van der Waals surface area (Å²) in [6.07, 6.45) is 3.38. The number of nitrogens with zero attached hydrogens (tertiary/aromatic N) is 7. The molecule has 1 fully saturated rings. The summed E-state index contributed by atoms with van der Waals surface area (Å²) >= 11 is 0. The molecule has 5 rings (SSSR count). The fraction of sp³-hybridized carbons (Fsp3) is 0.273. The highest BCUT2D eigenvalue weighted by molar-refractivity contribution is 5.98. The van der Waals surface area contributed by atoms with Gasteiger partial charge in [0.15, 0.2) is 5.82 Å². The Morgan fingerprint density at radius 1 is 1.11 bits per heavy atom. The van der Waals surface area contributed by atoms with Crippen molar-refractivity contribution in [1.82, 2.24) is 29.7 Å². The summed E-state index contributed by atoms with van der Waals surface area (Å²) < 4.78 is 48.6. The maximum absolute atomic E-state index is 14.4. The van der Waals surface area contributed by atoms with Crippen LogP contribution in [0.15, 0.2) is 35.7 Å². The van der Waals surface area contributed by atoms with Gasteiger partial charge in [0, 0.05) is 25.7 Å². The number of rotatable bonds is 5. The number of ether oxygens (including phenoxy) is 1. The number of aromatic nitrogens is 4. The van der Waals surface area contributed by atoms with Crippen LogP contribution in [0.2, 0.25) is 0 Å². The zero-order valence-corrected chi connectivity index (χ0v) is 18.8. The second kappa shape index (κ2) is 8.94. The van der Waals surface area contributed by atoms with Crippen molar-refractivity contribution in [3.63, 3.8) is 0 Å². The molecule has 36 heavy (non-hydrogen) atoms. The van der Waals surface area contributed by atoms with Gasteiger partial charge in [-0.15, -0.1) is 0 Å². The van der Waals surface area contributed by atoms with Gasteiger partial charge in [-0.05, 0) is 17.7 Å². The number of amides is 3. The number of likely N-dealkylation sites (tertiary alicyclic amines) is 1. The predicted octanol–water partition coefficient (Wildman–Crippen LogP) is 2.01. The third-order valence-electron chi connectivity index (χ3n) is 5.82. The standard InChI is InChI=1S/C22H19F3N8O3/c1-31-18(15(7-29-31)19(26)34)20-27-8-16(25)21(30-20)36-14-9-32(10-14)22(35)33-17(2-3-28-33)11-4-12(23)6-13(24)5-11/h3-8,14,17H,2,9-10H2,1H3,(H2,26,34)/t17-/m0/s1. The average Bonchev–Trinajstić information content (AvgIpc) is 3.43. The van der Waals surface area contributed by atoms with E-state index >= 15 is 0 Å². The fourth-order valence-electron chi connectivity index (χ4n) is 4.05. The van der Waals surface area contributed by atoms with Crippen LogP contribution in [0, 0.1) is 17.5 Å². The lowest BCUT2D eigenvalue weighted by Gasteiger charge is -2.40. The smallest absolute Gasteiger partial charge is 0.341 e. The molecule has 1 saturated heterocycles. The number of halogens is 3. The average molecular weight is 500 g/mol. The predicted molar refractivity (Wildman–Crippen MR) is 118 cm³/mol. The Bertz CT molecular complexity index is 1370. The summed E-state index contributed by atoms with van der Waals surface area (Å²) in [5.74, 6) is -3.44. The Morgan fingerprint density at radius 3 is 2.53 bits per heavy atom. The van der Waals surface area contributed by atoms with Crippen molar-refractivity contribution in [2.45, 2.75) is 18.6 Å². The van der Waals surface area contributed by atoms with E-state index in [9.17, 15) is 22.8 Å². The first-order chi connectivity index (χ1) is 17.2. The van der Waals surface area contributed by atoms with Crippen molar-refractivity contribution in [2.75, 3.05) is 13.1 Å². The van der Waals surface area contributed by atoms with Crippen molar-refractivity contribution < 1.29 is 27.5 Å². The second-order valence-electron chi connectivity index (χ2n) is 8.27. The van der Waals surface area contributed by atoms with E-state index in [1.165, 1.54) is 22.0 Å². The molecule has 0 spiro atoms. The molecule has 3 amide bonds. The number of hydrogen-bond acceptors (Lipinski definition) is 7. The van der Waals surface area contributed by atoms with Crippen LogP contribution < -0.4 is 10.5 Å². The van der Waals surface area contributed by atoms with Crippen molar-refractivity contribution in [2.24, 2.45) is 17.9 Å². The molecular formula is C22H19F3N8O3. The Morgan fingerprint density at radius 2 is 1.83 bits per heavy atom. The van der Waals surface area contributed by atoms with Crippen molar-refractivity contribution >= 4 is 18.2 Å². The maximum atomic E-state index is 14.4. The SMILES string of the molecule is Cn1ncc(C(N)=O)c1-c1ncc(F)c(OC2CN(C(=O)N3N=CC[C@H]3c3cc(F)cc(F)c3)C2)n1. The van der Waals surface area contributed by atoms with Crippen molar-refractivity contribution in [3.8, 4) is 17.4 Å². The first kappa shape index (κ1) is 23.3. The van der Waals surface area contributed by atoms with E-state index in [1.807, 2.05) is 0 Å². The first-order valence-electron chi connectivity index (χ1n) is 10.8. The van der Waals surface area contributed by atoms with Gasteiger partial charge in [-0.2, -0.15) is 19.6 Å². The molecule has 2 aliphatic rings. The number of primary amides is 1. The topological polar surface area (TPSA) is 132 Å². The van der Waals surface area contributed by atoms with Gasteiger partial charge in [-0.1, -0.05) is 0 Å². The highest BCUT2D eigenvalue weighted by Gasteiger charge is 2.39. The minimum absolute atomic E-state index is 0.0102. The normalized spacial score (nSPS) is 17.4. The molecule has 0 aliphatic carbocycles. The summed E-state index contributed by atoms with van der Waals surface area (Å²) in [6, 6.07) is 1.94. The van der Waals surface area contributed by atoms with Crippen molar-refractivity contribution in [3.05, 3.63) is 59.2 Å². The monoisotopic (exact) mass is 500 g/mol. The molecule has 0 bridgehead atoms. The van der Waals surface area contributed by atoms with Gasteiger partial charge < -0.3 is 15.4 Å². The van der Waals surface area contributed by atoms with Gasteiger partial charge in [0.1, 0.15) is 23.4 Å². The van der Waals surface area contributed by atoms with E-state index in [1.54, 1.807) is 7.05 Å². The van der Waals surface area contributed by atoms with Crippen LogP contribution in [0.1, 0.15) is 28.4 Å². The number of aryl methyl sites for hydroxylation is 1. The quantitative estimate of drug-likeness (QED) is 0.570. The zero-order chi connectivity index (χ0) is 25.6. The van der Waals surface area contributed by atoms with Crippen LogP contribution in [0.25, 0.3) is 11.5 Å². The number of carbonyl (C=O) groups excluding carboxylic acids is 2. The number of nitrogens with two attached hydrogens (primary N) is 1. The van der Waals surface area contributed by atoms with E-state index in [4.69, 9.17) is 10.5 Å². The number of hydrogen-bond donors (Lipinski definition) is 1. The van der Waals surface area contributed by atoms with Gasteiger partial charge in [0.25, 0.3) is 11.8 Å². The van der Waals surface area contributed by atoms with Gasteiger partial charge in [0.05, 0.1) is 37.1 Å². The van der Waals surface area contributed by atoms with Gasteiger partial charge >= 0.3 is 6.03 Å². The van der Waals surface area contributed by atoms with Crippen LogP contribution in [0.3, 0.4) is 0 Å². The minimum Gasteiger partial charge on any atom is -0.468 e. The molecule has 14 heteroatoms. The van der Waals surface area contributed by atoms with E-state index < -0.39 is 41.5 Å². The Hall–Kier alpha value is -4.49. The van der Waals surface area contributed by atoms with E-state index in [-0.39, 0.29) is 41.6 Å². The highest BCUT2D eigenvalue weighted by atomic mass is 19.1. The molecule has 0 saturated carbocycles. The molecule has 0 unspecified atom stereocenters. The Balaban J connectivity index is 1.26. The molecule has 0 radical (unpaired) electrons. The zero-order valence-electron chi connectivity index (χ0n) is 18.8. The molecule has 2 aliphatic heterocycles. The molecule has 2 aromatic heterocycles. The lowest BCUT2D eigenvalue weighted by Crippen LogP contribution is -2.59. The van der Waals surface area contributed by atoms with Crippen LogP contribution in [-0.4, -0.2) is 67.0 Å². The summed E-state index contributed by atoms with van der Waals surface area (Å²) in [5.41, 5.74) is 5.91. The summed E-state index contributed by atoms with van der Waals surface area (Å²) in [7, 11) is 1.55. The third-order valence-corrected chi connectivity index (χ3v) is 5.82. The van der Waals surface area contributed by atoms with Gasteiger partial charge in [-0.25, -0.2) is 23.6 Å². The number of urea groups is 1. The molecule has 3 aromatic rings. The molecule has 11 nitrogen and oxygen atoms in total. The molecule has 4 heterocycles. The summed E-state index contributed by atoms with van der Waals surface area (Å²) in [4.78, 5) is 34.0. The van der Waals surface area contributed by atoms with Crippen LogP contribution >= 0.6 is 0 Å². The Labute approximate surface area is 202 Å². The van der Waals surface area contributed by atoms with E-state index in [0.29, 0.717) is 6.42 Å². The van der Waals surface area contributed by atoms with E-state index in [0.717, 1.165) is 29.4 Å². The van der Waals surface area contributed by atoms with E-state index in [2.05, 4.69) is 20.2 Å². The summed E-state index contributed by atoms with van der Waals surface area (Å²) in [6.45, 7) is 0.207. The van der Waals surface area contributed by atoms with Crippen LogP contribution in [0.5, 0.6) is 5.88 Å². The highest BCUT2D eigenvalue weighted by Crippen LogP contribution is 2.32.